The topological polar surface area (TPSA) is 37.3 Å². The third-order valence-electron chi connectivity index (χ3n) is 7.14. The number of carbonyl (C=O) groups is 1. The van der Waals surface area contributed by atoms with Crippen molar-refractivity contribution in [1.82, 2.24) is 9.47 Å². The summed E-state index contributed by atoms with van der Waals surface area (Å²) in [5, 5.41) is 5.68. The third-order valence-corrected chi connectivity index (χ3v) is 7.14. The van der Waals surface area contributed by atoms with Crippen LogP contribution < -0.4 is 5.32 Å². The van der Waals surface area contributed by atoms with Gasteiger partial charge in [-0.25, -0.2) is 0 Å². The van der Waals surface area contributed by atoms with E-state index in [2.05, 4.69) is 65.0 Å². The number of fused-ring (bicyclic) bond motifs is 6. The molecule has 28 heavy (non-hydrogen) atoms. The van der Waals surface area contributed by atoms with Crippen LogP contribution >= 0.6 is 0 Å². The number of amides is 1. The van der Waals surface area contributed by atoms with Crippen molar-refractivity contribution in [3.8, 4) is 0 Å². The molecule has 0 aliphatic carbocycles. The van der Waals surface area contributed by atoms with Gasteiger partial charge in [0.05, 0.1) is 19.6 Å². The molecular weight excluding hydrogens is 348 g/mol. The summed E-state index contributed by atoms with van der Waals surface area (Å²) in [7, 11) is 0. The standard InChI is InChI=1S/C23H28N4O/c1-3-26-21-7-5-4-6-19(21)20-16-18(8-9-22(20)26)24-23(28)17(2)27-13-10-25(11-14-27)12-15-27/h4-9,16-17H,3,10-15H2,1-2H3/p+1. The summed E-state index contributed by atoms with van der Waals surface area (Å²) in [6.45, 7) is 11.9. The van der Waals surface area contributed by atoms with Crippen LogP contribution in [0, 0.1) is 0 Å². The first kappa shape index (κ1) is 17.7. The summed E-state index contributed by atoms with van der Waals surface area (Å²) in [6, 6.07) is 14.8. The van der Waals surface area contributed by atoms with E-state index in [9.17, 15) is 4.79 Å². The monoisotopic (exact) mass is 377 g/mol. The normalized spacial score (nSPS) is 25.3. The van der Waals surface area contributed by atoms with Crippen LogP contribution in [0.3, 0.4) is 0 Å². The summed E-state index contributed by atoms with van der Waals surface area (Å²) in [5.41, 5.74) is 3.38. The maximum atomic E-state index is 13.1. The lowest BCUT2D eigenvalue weighted by atomic mass is 10.1. The fraction of sp³-hybridized carbons (Fsp3) is 0.435. The van der Waals surface area contributed by atoms with Crippen LogP contribution in [-0.4, -0.2) is 65.2 Å². The second kappa shape index (κ2) is 6.61. The summed E-state index contributed by atoms with van der Waals surface area (Å²) < 4.78 is 3.28. The lowest BCUT2D eigenvalue weighted by Gasteiger charge is -2.52. The molecule has 1 aromatic heterocycles. The Morgan fingerprint density at radius 1 is 1.04 bits per heavy atom. The molecule has 0 radical (unpaired) electrons. The number of hydrogen-bond acceptors (Lipinski definition) is 2. The number of quaternary nitrogens is 1. The zero-order valence-corrected chi connectivity index (χ0v) is 16.8. The molecule has 4 heterocycles. The van der Waals surface area contributed by atoms with E-state index in [-0.39, 0.29) is 11.9 Å². The minimum absolute atomic E-state index is 0.00451. The predicted octanol–water partition coefficient (Wildman–Crippen LogP) is 3.29. The Morgan fingerprint density at radius 2 is 1.71 bits per heavy atom. The minimum Gasteiger partial charge on any atom is -0.341 e. The molecule has 5 heteroatoms. The van der Waals surface area contributed by atoms with Crippen molar-refractivity contribution in [2.24, 2.45) is 0 Å². The highest BCUT2D eigenvalue weighted by atomic mass is 16.2. The number of para-hydroxylation sites is 1. The average molecular weight is 378 g/mol. The summed E-state index contributed by atoms with van der Waals surface area (Å²) in [4.78, 5) is 15.6. The van der Waals surface area contributed by atoms with Gasteiger partial charge in [-0.2, -0.15) is 0 Å². The molecule has 3 aliphatic rings. The van der Waals surface area contributed by atoms with E-state index in [1.54, 1.807) is 0 Å². The highest BCUT2D eigenvalue weighted by Gasteiger charge is 2.45. The molecular formula is C23H29N4O+. The van der Waals surface area contributed by atoms with Crippen LogP contribution in [0.4, 0.5) is 5.69 Å². The minimum atomic E-state index is -0.00451. The molecule has 146 valence electrons. The molecule has 3 saturated heterocycles. The lowest BCUT2D eigenvalue weighted by Crippen LogP contribution is -2.72. The Kier molecular flexibility index (Phi) is 4.18. The summed E-state index contributed by atoms with van der Waals surface area (Å²) in [5.74, 6) is 0.147. The number of anilines is 1. The molecule has 1 unspecified atom stereocenters. The maximum absolute atomic E-state index is 13.1. The van der Waals surface area contributed by atoms with Gasteiger partial charge in [0.2, 0.25) is 0 Å². The largest absolute Gasteiger partial charge is 0.341 e. The number of nitrogens with one attached hydrogen (secondary N) is 1. The van der Waals surface area contributed by atoms with Gasteiger partial charge in [-0.15, -0.1) is 0 Å². The number of carbonyl (C=O) groups excluding carboxylic acids is 1. The molecule has 1 atom stereocenters. The maximum Gasteiger partial charge on any atom is 0.282 e. The van der Waals surface area contributed by atoms with Crippen molar-refractivity contribution < 1.29 is 9.28 Å². The molecule has 0 spiro atoms. The van der Waals surface area contributed by atoms with Crippen molar-refractivity contribution >= 4 is 33.4 Å². The van der Waals surface area contributed by atoms with Gasteiger partial charge in [0, 0.05) is 53.7 Å². The summed E-state index contributed by atoms with van der Waals surface area (Å²) in [6.07, 6.45) is 0. The summed E-state index contributed by atoms with van der Waals surface area (Å²) >= 11 is 0. The molecule has 1 amide bonds. The Hall–Kier alpha value is -2.37. The molecule has 6 rings (SSSR count). The van der Waals surface area contributed by atoms with Crippen molar-refractivity contribution in [2.75, 3.05) is 44.6 Å². The SMILES string of the molecule is CCn1c2ccccc2c2cc(NC(=O)C(C)[N+]34CCN(CC3)CC4)ccc21. The fourth-order valence-corrected chi connectivity index (χ4v) is 5.24. The average Bonchev–Trinajstić information content (AvgIpc) is 3.07. The van der Waals surface area contributed by atoms with Crippen LogP contribution in [0.15, 0.2) is 42.5 Å². The van der Waals surface area contributed by atoms with E-state index in [4.69, 9.17) is 0 Å². The molecule has 1 N–H and O–H groups in total. The number of aryl methyl sites for hydroxylation is 1. The number of nitrogens with zero attached hydrogens (tertiary/aromatic N) is 3. The van der Waals surface area contributed by atoms with Crippen LogP contribution in [0.25, 0.3) is 21.8 Å². The smallest absolute Gasteiger partial charge is 0.282 e. The predicted molar refractivity (Wildman–Crippen MR) is 115 cm³/mol. The van der Waals surface area contributed by atoms with Crippen LogP contribution in [-0.2, 0) is 11.3 Å². The second-order valence-corrected chi connectivity index (χ2v) is 8.39. The van der Waals surface area contributed by atoms with Crippen molar-refractivity contribution in [3.63, 3.8) is 0 Å². The molecule has 2 bridgehead atoms. The Labute approximate surface area is 166 Å². The number of benzene rings is 2. The van der Waals surface area contributed by atoms with Crippen molar-refractivity contribution in [3.05, 3.63) is 42.5 Å². The molecule has 3 aromatic rings. The lowest BCUT2D eigenvalue weighted by molar-refractivity contribution is -0.953. The van der Waals surface area contributed by atoms with E-state index in [0.29, 0.717) is 0 Å². The first-order chi connectivity index (χ1) is 13.6. The fourth-order valence-electron chi connectivity index (χ4n) is 5.24. The zero-order chi connectivity index (χ0) is 19.3. The molecule has 5 nitrogen and oxygen atoms in total. The first-order valence-corrected chi connectivity index (χ1v) is 10.5. The van der Waals surface area contributed by atoms with Gasteiger partial charge >= 0.3 is 0 Å². The molecule has 0 saturated carbocycles. The van der Waals surface area contributed by atoms with E-state index < -0.39 is 0 Å². The van der Waals surface area contributed by atoms with Crippen molar-refractivity contribution in [1.29, 1.82) is 0 Å². The Bertz CT molecular complexity index is 1030. The zero-order valence-electron chi connectivity index (χ0n) is 16.8. The van der Waals surface area contributed by atoms with Crippen LogP contribution in [0.1, 0.15) is 13.8 Å². The van der Waals surface area contributed by atoms with Gasteiger partial charge in [0.25, 0.3) is 5.91 Å². The van der Waals surface area contributed by atoms with E-state index in [1.165, 1.54) is 21.8 Å². The first-order valence-electron chi connectivity index (χ1n) is 10.5. The Morgan fingerprint density at radius 3 is 2.43 bits per heavy atom. The van der Waals surface area contributed by atoms with Crippen molar-refractivity contribution in [2.45, 2.75) is 26.4 Å². The van der Waals surface area contributed by atoms with Crippen LogP contribution in [0.2, 0.25) is 0 Å². The van der Waals surface area contributed by atoms with E-state index in [1.807, 2.05) is 6.07 Å². The number of rotatable bonds is 4. The second-order valence-electron chi connectivity index (χ2n) is 8.39. The number of piperazine rings is 3. The van der Waals surface area contributed by atoms with Gasteiger partial charge < -0.3 is 14.4 Å². The van der Waals surface area contributed by atoms with Gasteiger partial charge in [-0.05, 0) is 38.1 Å². The van der Waals surface area contributed by atoms with E-state index >= 15 is 0 Å². The Balaban J connectivity index is 1.45. The van der Waals surface area contributed by atoms with Gasteiger partial charge in [0.15, 0.2) is 6.04 Å². The number of aromatic nitrogens is 1. The highest BCUT2D eigenvalue weighted by Crippen LogP contribution is 2.31. The third kappa shape index (κ3) is 2.65. The highest BCUT2D eigenvalue weighted by molar-refractivity contribution is 6.10. The van der Waals surface area contributed by atoms with Gasteiger partial charge in [-0.3, -0.25) is 9.69 Å². The molecule has 2 aromatic carbocycles. The van der Waals surface area contributed by atoms with Crippen LogP contribution in [0.5, 0.6) is 0 Å². The molecule has 3 aliphatic heterocycles. The van der Waals surface area contributed by atoms with Gasteiger partial charge in [0.1, 0.15) is 0 Å². The molecule has 3 fully saturated rings. The van der Waals surface area contributed by atoms with Gasteiger partial charge in [-0.1, -0.05) is 18.2 Å². The quantitative estimate of drug-likeness (QED) is 0.709. The number of hydrogen-bond donors (Lipinski definition) is 1. The van der Waals surface area contributed by atoms with E-state index in [0.717, 1.165) is 56.0 Å².